The Morgan fingerprint density at radius 2 is 2.00 bits per heavy atom. The summed E-state index contributed by atoms with van der Waals surface area (Å²) in [5.41, 5.74) is 1.10. The van der Waals surface area contributed by atoms with Gasteiger partial charge in [-0.1, -0.05) is 24.3 Å². The molecule has 2 unspecified atom stereocenters. The van der Waals surface area contributed by atoms with Crippen LogP contribution in [0.2, 0.25) is 0 Å². The molecule has 2 aromatic rings. The van der Waals surface area contributed by atoms with Crippen molar-refractivity contribution in [1.29, 1.82) is 0 Å². The first-order valence-corrected chi connectivity index (χ1v) is 8.59. The van der Waals surface area contributed by atoms with Crippen LogP contribution in [0.25, 0.3) is 0 Å². The highest BCUT2D eigenvalue weighted by atomic mass is 16.6. The summed E-state index contributed by atoms with van der Waals surface area (Å²) in [5.74, 6) is 2.12. The molecule has 0 bridgehead atoms. The number of carbonyl (C=O) groups excluding carboxylic acids is 1. The lowest BCUT2D eigenvalue weighted by atomic mass is 10.0. The van der Waals surface area contributed by atoms with E-state index in [1.165, 1.54) is 0 Å². The number of amides is 1. The van der Waals surface area contributed by atoms with E-state index in [-0.39, 0.29) is 18.6 Å². The van der Waals surface area contributed by atoms with Crippen LogP contribution in [0.3, 0.4) is 0 Å². The van der Waals surface area contributed by atoms with E-state index in [1.54, 1.807) is 7.11 Å². The van der Waals surface area contributed by atoms with Crippen molar-refractivity contribution in [3.05, 3.63) is 54.1 Å². The van der Waals surface area contributed by atoms with E-state index < -0.39 is 6.10 Å². The number of para-hydroxylation sites is 2. The number of ether oxygens (including phenoxy) is 3. The molecule has 1 saturated heterocycles. The fourth-order valence-electron chi connectivity index (χ4n) is 3.55. The Morgan fingerprint density at radius 1 is 1.16 bits per heavy atom. The number of rotatable bonds is 3. The molecular weight excluding hydrogens is 318 g/mol. The number of nitrogens with zero attached hydrogens (tertiary/aromatic N) is 1. The van der Waals surface area contributed by atoms with Gasteiger partial charge in [-0.2, -0.15) is 0 Å². The van der Waals surface area contributed by atoms with Gasteiger partial charge in [0.2, 0.25) is 6.10 Å². The average Bonchev–Trinajstić information content (AvgIpc) is 3.17. The molecule has 2 aliphatic rings. The second kappa shape index (κ2) is 6.67. The van der Waals surface area contributed by atoms with E-state index in [1.807, 2.05) is 53.4 Å². The number of hydrogen-bond donors (Lipinski definition) is 0. The van der Waals surface area contributed by atoms with Crippen molar-refractivity contribution < 1.29 is 19.0 Å². The van der Waals surface area contributed by atoms with Gasteiger partial charge in [0.1, 0.15) is 12.4 Å². The summed E-state index contributed by atoms with van der Waals surface area (Å²) in [7, 11) is 1.65. The van der Waals surface area contributed by atoms with Gasteiger partial charge in [0.25, 0.3) is 5.91 Å². The molecule has 5 heteroatoms. The third-order valence-corrected chi connectivity index (χ3v) is 4.80. The van der Waals surface area contributed by atoms with Crippen molar-refractivity contribution in [3.63, 3.8) is 0 Å². The molecule has 2 heterocycles. The third kappa shape index (κ3) is 3.02. The van der Waals surface area contributed by atoms with Crippen LogP contribution in [0.15, 0.2) is 48.5 Å². The van der Waals surface area contributed by atoms with Gasteiger partial charge in [-0.3, -0.25) is 4.79 Å². The summed E-state index contributed by atoms with van der Waals surface area (Å²) in [6, 6.07) is 15.4. The Hall–Kier alpha value is -2.69. The largest absolute Gasteiger partial charge is 0.497 e. The number of benzene rings is 2. The van der Waals surface area contributed by atoms with Crippen molar-refractivity contribution in [2.45, 2.75) is 25.0 Å². The zero-order valence-corrected chi connectivity index (χ0v) is 14.2. The predicted octanol–water partition coefficient (Wildman–Crippen LogP) is 3.20. The molecule has 1 fully saturated rings. The molecule has 0 aromatic heterocycles. The topological polar surface area (TPSA) is 48.0 Å². The Labute approximate surface area is 147 Å². The van der Waals surface area contributed by atoms with Crippen LogP contribution in [-0.2, 0) is 4.79 Å². The summed E-state index contributed by atoms with van der Waals surface area (Å²) in [6.07, 6.45) is 1.34. The van der Waals surface area contributed by atoms with E-state index in [2.05, 4.69) is 0 Å². The van der Waals surface area contributed by atoms with Gasteiger partial charge in [0.15, 0.2) is 11.5 Å². The summed E-state index contributed by atoms with van der Waals surface area (Å²) in [5, 5.41) is 0. The van der Waals surface area contributed by atoms with Gasteiger partial charge in [-0.15, -0.1) is 0 Å². The SMILES string of the molecule is COc1cccc(C2CCCN2C(=O)C2COc3ccccc3O2)c1. The van der Waals surface area contributed by atoms with Crippen molar-refractivity contribution in [3.8, 4) is 17.2 Å². The third-order valence-electron chi connectivity index (χ3n) is 4.80. The lowest BCUT2D eigenvalue weighted by molar-refractivity contribution is -0.142. The van der Waals surface area contributed by atoms with Crippen LogP contribution in [0.5, 0.6) is 17.2 Å². The first kappa shape index (κ1) is 15.8. The molecule has 2 aromatic carbocycles. The van der Waals surface area contributed by atoms with E-state index in [4.69, 9.17) is 14.2 Å². The summed E-state index contributed by atoms with van der Waals surface area (Å²) >= 11 is 0. The van der Waals surface area contributed by atoms with Crippen molar-refractivity contribution >= 4 is 5.91 Å². The summed E-state index contributed by atoms with van der Waals surface area (Å²) in [4.78, 5) is 15.0. The summed E-state index contributed by atoms with van der Waals surface area (Å²) < 4.78 is 16.9. The lowest BCUT2D eigenvalue weighted by Crippen LogP contribution is -2.46. The fourth-order valence-corrected chi connectivity index (χ4v) is 3.55. The second-order valence-corrected chi connectivity index (χ2v) is 6.33. The molecule has 130 valence electrons. The minimum atomic E-state index is -0.596. The molecule has 25 heavy (non-hydrogen) atoms. The Bertz CT molecular complexity index is 776. The van der Waals surface area contributed by atoms with Crippen LogP contribution < -0.4 is 14.2 Å². The zero-order valence-electron chi connectivity index (χ0n) is 14.2. The second-order valence-electron chi connectivity index (χ2n) is 6.33. The van der Waals surface area contributed by atoms with Gasteiger partial charge in [0, 0.05) is 6.54 Å². The molecule has 4 rings (SSSR count). The molecule has 2 atom stereocenters. The standard InChI is InChI=1S/C20H21NO4/c1-23-15-7-4-6-14(12-15)16-8-5-11-21(16)20(22)19-13-24-17-9-2-3-10-18(17)25-19/h2-4,6-7,9-10,12,16,19H,5,8,11,13H2,1H3. The normalized spacial score (nSPS) is 21.9. The van der Waals surface area contributed by atoms with Crippen LogP contribution in [0.1, 0.15) is 24.4 Å². The van der Waals surface area contributed by atoms with Crippen molar-refractivity contribution in [1.82, 2.24) is 4.90 Å². The fraction of sp³-hybridized carbons (Fsp3) is 0.350. The molecule has 1 amide bonds. The lowest BCUT2D eigenvalue weighted by Gasteiger charge is -2.32. The minimum absolute atomic E-state index is 0.0141. The number of hydrogen-bond acceptors (Lipinski definition) is 4. The Kier molecular flexibility index (Phi) is 4.22. The van der Waals surface area contributed by atoms with Gasteiger partial charge < -0.3 is 19.1 Å². The first-order valence-electron chi connectivity index (χ1n) is 8.59. The minimum Gasteiger partial charge on any atom is -0.497 e. The molecule has 0 spiro atoms. The maximum Gasteiger partial charge on any atom is 0.267 e. The number of fused-ring (bicyclic) bond motifs is 1. The molecule has 0 radical (unpaired) electrons. The van der Waals surface area contributed by atoms with E-state index in [9.17, 15) is 4.79 Å². The van der Waals surface area contributed by atoms with Gasteiger partial charge >= 0.3 is 0 Å². The Balaban J connectivity index is 1.53. The molecule has 0 saturated carbocycles. The van der Waals surface area contributed by atoms with Crippen LogP contribution in [-0.4, -0.2) is 37.2 Å². The molecule has 5 nitrogen and oxygen atoms in total. The van der Waals surface area contributed by atoms with E-state index >= 15 is 0 Å². The molecular formula is C20H21NO4. The van der Waals surface area contributed by atoms with E-state index in [0.29, 0.717) is 11.5 Å². The van der Waals surface area contributed by atoms with Gasteiger partial charge in [0.05, 0.1) is 13.2 Å². The smallest absolute Gasteiger partial charge is 0.267 e. The van der Waals surface area contributed by atoms with Gasteiger partial charge in [-0.05, 0) is 42.7 Å². The monoisotopic (exact) mass is 339 g/mol. The van der Waals surface area contributed by atoms with Crippen LogP contribution in [0.4, 0.5) is 0 Å². The number of carbonyl (C=O) groups is 1. The zero-order chi connectivity index (χ0) is 17.2. The first-order chi connectivity index (χ1) is 12.3. The number of likely N-dealkylation sites (tertiary alicyclic amines) is 1. The quantitative estimate of drug-likeness (QED) is 0.862. The average molecular weight is 339 g/mol. The van der Waals surface area contributed by atoms with E-state index in [0.717, 1.165) is 30.7 Å². The van der Waals surface area contributed by atoms with Crippen LogP contribution in [0, 0.1) is 0 Å². The highest BCUT2D eigenvalue weighted by Crippen LogP contribution is 2.36. The maximum absolute atomic E-state index is 13.0. The predicted molar refractivity (Wildman–Crippen MR) is 93.0 cm³/mol. The summed E-state index contributed by atoms with van der Waals surface area (Å²) in [6.45, 7) is 0.986. The highest BCUT2D eigenvalue weighted by Gasteiger charge is 2.37. The van der Waals surface area contributed by atoms with Crippen molar-refractivity contribution in [2.75, 3.05) is 20.3 Å². The molecule has 0 aliphatic carbocycles. The Morgan fingerprint density at radius 3 is 2.84 bits per heavy atom. The van der Waals surface area contributed by atoms with Crippen molar-refractivity contribution in [2.24, 2.45) is 0 Å². The maximum atomic E-state index is 13.0. The highest BCUT2D eigenvalue weighted by molar-refractivity contribution is 5.82. The van der Waals surface area contributed by atoms with Gasteiger partial charge in [-0.25, -0.2) is 0 Å². The van der Waals surface area contributed by atoms with Crippen LogP contribution >= 0.6 is 0 Å². The molecule has 2 aliphatic heterocycles. The number of methoxy groups -OCH3 is 1. The molecule has 0 N–H and O–H groups in total.